The summed E-state index contributed by atoms with van der Waals surface area (Å²) in [6.07, 6.45) is 2.75. The molecule has 132 valence electrons. The van der Waals surface area contributed by atoms with E-state index in [1.165, 1.54) is 31.5 Å². The van der Waals surface area contributed by atoms with Gasteiger partial charge in [0, 0.05) is 19.6 Å². The Morgan fingerprint density at radius 2 is 1.72 bits per heavy atom. The van der Waals surface area contributed by atoms with Crippen molar-refractivity contribution in [3.05, 3.63) is 65.7 Å². The standard InChI is InChI=1S/C23H29NO/c1-17(19-9-6-10-23(13-19)25-2)14-24-15-21-11-20(12-22(21)16-24)18-7-4-3-5-8-18/h3-10,13,17,20-22H,11-12,14-16H2,1-2H3/t17?,20-,21-,22+. The lowest BCUT2D eigenvalue weighted by atomic mass is 9.95. The Balaban J connectivity index is 1.34. The molecule has 2 aliphatic rings. The van der Waals surface area contributed by atoms with Crippen LogP contribution in [-0.2, 0) is 0 Å². The van der Waals surface area contributed by atoms with Crippen molar-refractivity contribution >= 4 is 0 Å². The highest BCUT2D eigenvalue weighted by Crippen LogP contribution is 2.46. The third-order valence-corrected chi connectivity index (χ3v) is 6.29. The third kappa shape index (κ3) is 3.59. The zero-order chi connectivity index (χ0) is 17.2. The average Bonchev–Trinajstić information content (AvgIpc) is 3.21. The molecule has 2 aromatic rings. The molecule has 1 aliphatic carbocycles. The van der Waals surface area contributed by atoms with Crippen LogP contribution < -0.4 is 4.74 Å². The first-order valence-corrected chi connectivity index (χ1v) is 9.64. The fraction of sp³-hybridized carbons (Fsp3) is 0.478. The van der Waals surface area contributed by atoms with Gasteiger partial charge in [0.05, 0.1) is 7.11 Å². The number of likely N-dealkylation sites (tertiary alicyclic amines) is 1. The van der Waals surface area contributed by atoms with Crippen LogP contribution in [0.15, 0.2) is 54.6 Å². The Bertz CT molecular complexity index is 684. The van der Waals surface area contributed by atoms with E-state index in [0.717, 1.165) is 30.0 Å². The fourth-order valence-corrected chi connectivity index (χ4v) is 4.98. The molecule has 0 aromatic heterocycles. The monoisotopic (exact) mass is 335 g/mol. The number of ether oxygens (including phenoxy) is 1. The summed E-state index contributed by atoms with van der Waals surface area (Å²) in [4.78, 5) is 2.70. The Morgan fingerprint density at radius 1 is 1.00 bits per heavy atom. The van der Waals surface area contributed by atoms with Gasteiger partial charge in [0.15, 0.2) is 0 Å². The number of benzene rings is 2. The molecule has 1 saturated carbocycles. The highest BCUT2D eigenvalue weighted by molar-refractivity contribution is 5.30. The van der Waals surface area contributed by atoms with E-state index in [-0.39, 0.29) is 0 Å². The highest BCUT2D eigenvalue weighted by atomic mass is 16.5. The summed E-state index contributed by atoms with van der Waals surface area (Å²) in [5.74, 6) is 4.09. The van der Waals surface area contributed by atoms with E-state index in [1.54, 1.807) is 12.7 Å². The van der Waals surface area contributed by atoms with Gasteiger partial charge in [0.2, 0.25) is 0 Å². The first kappa shape index (κ1) is 16.7. The summed E-state index contributed by atoms with van der Waals surface area (Å²) < 4.78 is 5.38. The van der Waals surface area contributed by atoms with Crippen molar-refractivity contribution in [3.8, 4) is 5.75 Å². The molecule has 1 unspecified atom stereocenters. The van der Waals surface area contributed by atoms with E-state index in [2.05, 4.69) is 60.4 Å². The Morgan fingerprint density at radius 3 is 2.40 bits per heavy atom. The number of fused-ring (bicyclic) bond motifs is 1. The van der Waals surface area contributed by atoms with Crippen molar-refractivity contribution in [2.24, 2.45) is 11.8 Å². The van der Waals surface area contributed by atoms with Crippen molar-refractivity contribution < 1.29 is 4.74 Å². The summed E-state index contributed by atoms with van der Waals surface area (Å²) in [5, 5.41) is 0. The number of methoxy groups -OCH3 is 1. The van der Waals surface area contributed by atoms with Crippen LogP contribution in [0, 0.1) is 11.8 Å². The second kappa shape index (κ2) is 7.21. The van der Waals surface area contributed by atoms with E-state index < -0.39 is 0 Å². The SMILES string of the molecule is COc1cccc(C(C)CN2C[C@H]3C[C@@H](c4ccccc4)C[C@H]3C2)c1. The molecule has 2 aromatic carbocycles. The number of hydrogen-bond donors (Lipinski definition) is 0. The van der Waals surface area contributed by atoms with Crippen LogP contribution >= 0.6 is 0 Å². The predicted molar refractivity (Wildman–Crippen MR) is 103 cm³/mol. The second-order valence-corrected chi connectivity index (χ2v) is 8.00. The van der Waals surface area contributed by atoms with Gasteiger partial charge >= 0.3 is 0 Å². The lowest BCUT2D eigenvalue weighted by Gasteiger charge is -2.23. The Kier molecular flexibility index (Phi) is 4.80. The summed E-state index contributed by atoms with van der Waals surface area (Å²) in [6.45, 7) is 6.07. The maximum absolute atomic E-state index is 5.38. The number of nitrogens with zero attached hydrogens (tertiary/aromatic N) is 1. The molecule has 0 bridgehead atoms. The molecule has 2 nitrogen and oxygen atoms in total. The normalized spacial score (nSPS) is 27.2. The van der Waals surface area contributed by atoms with E-state index in [4.69, 9.17) is 4.74 Å². The lowest BCUT2D eigenvalue weighted by Crippen LogP contribution is -2.26. The molecule has 1 aliphatic heterocycles. The fourth-order valence-electron chi connectivity index (χ4n) is 4.98. The molecule has 2 fully saturated rings. The van der Waals surface area contributed by atoms with Crippen molar-refractivity contribution in [3.63, 3.8) is 0 Å². The van der Waals surface area contributed by atoms with Gasteiger partial charge < -0.3 is 9.64 Å². The van der Waals surface area contributed by atoms with Crippen molar-refractivity contribution in [1.29, 1.82) is 0 Å². The van der Waals surface area contributed by atoms with Crippen LogP contribution in [0.4, 0.5) is 0 Å². The summed E-state index contributed by atoms with van der Waals surface area (Å²) in [5.41, 5.74) is 2.94. The molecule has 4 atom stereocenters. The zero-order valence-corrected chi connectivity index (χ0v) is 15.4. The summed E-state index contributed by atoms with van der Waals surface area (Å²) in [7, 11) is 1.74. The molecular weight excluding hydrogens is 306 g/mol. The van der Waals surface area contributed by atoms with Gasteiger partial charge in [0.25, 0.3) is 0 Å². The number of rotatable bonds is 5. The first-order valence-electron chi connectivity index (χ1n) is 9.64. The van der Waals surface area contributed by atoms with Crippen molar-refractivity contribution in [2.45, 2.75) is 31.6 Å². The molecule has 0 radical (unpaired) electrons. The zero-order valence-electron chi connectivity index (χ0n) is 15.4. The Labute approximate surface area is 151 Å². The van der Waals surface area contributed by atoms with Gasteiger partial charge in [-0.3, -0.25) is 0 Å². The van der Waals surface area contributed by atoms with Gasteiger partial charge in [-0.1, -0.05) is 49.4 Å². The minimum Gasteiger partial charge on any atom is -0.497 e. The molecule has 2 heteroatoms. The second-order valence-electron chi connectivity index (χ2n) is 8.00. The van der Waals surface area contributed by atoms with Crippen molar-refractivity contribution in [2.75, 3.05) is 26.7 Å². The highest BCUT2D eigenvalue weighted by Gasteiger charge is 2.41. The topological polar surface area (TPSA) is 12.5 Å². The van der Waals surface area contributed by atoms with Crippen LogP contribution in [0.1, 0.15) is 42.7 Å². The minimum absolute atomic E-state index is 0.554. The maximum Gasteiger partial charge on any atom is 0.119 e. The van der Waals surface area contributed by atoms with Gasteiger partial charge in [0.1, 0.15) is 5.75 Å². The molecule has 0 N–H and O–H groups in total. The first-order chi connectivity index (χ1) is 12.2. The van der Waals surface area contributed by atoms with Crippen LogP contribution in [-0.4, -0.2) is 31.6 Å². The van der Waals surface area contributed by atoms with Gasteiger partial charge in [-0.2, -0.15) is 0 Å². The van der Waals surface area contributed by atoms with Crippen LogP contribution in [0.2, 0.25) is 0 Å². The van der Waals surface area contributed by atoms with Gasteiger partial charge in [-0.15, -0.1) is 0 Å². The van der Waals surface area contributed by atoms with Gasteiger partial charge in [-0.25, -0.2) is 0 Å². The number of hydrogen-bond acceptors (Lipinski definition) is 2. The average molecular weight is 335 g/mol. The smallest absolute Gasteiger partial charge is 0.119 e. The van der Waals surface area contributed by atoms with Crippen molar-refractivity contribution in [1.82, 2.24) is 4.90 Å². The van der Waals surface area contributed by atoms with E-state index in [9.17, 15) is 0 Å². The van der Waals surface area contributed by atoms with E-state index in [0.29, 0.717) is 5.92 Å². The molecule has 0 amide bonds. The van der Waals surface area contributed by atoms with Crippen LogP contribution in [0.3, 0.4) is 0 Å². The quantitative estimate of drug-likeness (QED) is 0.768. The molecule has 0 spiro atoms. The van der Waals surface area contributed by atoms with Crippen LogP contribution in [0.5, 0.6) is 5.75 Å². The third-order valence-electron chi connectivity index (χ3n) is 6.29. The molecule has 25 heavy (non-hydrogen) atoms. The predicted octanol–water partition coefficient (Wildman–Crippen LogP) is 4.92. The summed E-state index contributed by atoms with van der Waals surface area (Å²) in [6, 6.07) is 19.7. The molecule has 1 saturated heterocycles. The maximum atomic E-state index is 5.38. The van der Waals surface area contributed by atoms with E-state index in [1.807, 2.05) is 6.07 Å². The summed E-state index contributed by atoms with van der Waals surface area (Å²) >= 11 is 0. The van der Waals surface area contributed by atoms with Crippen LogP contribution in [0.25, 0.3) is 0 Å². The van der Waals surface area contributed by atoms with E-state index >= 15 is 0 Å². The molecule has 4 rings (SSSR count). The minimum atomic E-state index is 0.554. The molecule has 1 heterocycles. The molecular formula is C23H29NO. The largest absolute Gasteiger partial charge is 0.497 e. The Hall–Kier alpha value is -1.80. The lowest BCUT2D eigenvalue weighted by molar-refractivity contribution is 0.292. The van der Waals surface area contributed by atoms with Gasteiger partial charge in [-0.05, 0) is 59.8 Å².